The van der Waals surface area contributed by atoms with E-state index in [4.69, 9.17) is 9.15 Å². The zero-order chi connectivity index (χ0) is 18.6. The molecular formula is C21H21N3O3. The Morgan fingerprint density at radius 3 is 3.00 bits per heavy atom. The molecule has 138 valence electrons. The van der Waals surface area contributed by atoms with Gasteiger partial charge in [-0.15, -0.1) is 0 Å². The van der Waals surface area contributed by atoms with Crippen molar-refractivity contribution < 1.29 is 13.9 Å². The maximum absolute atomic E-state index is 12.8. The van der Waals surface area contributed by atoms with Crippen LogP contribution in [0.1, 0.15) is 46.6 Å². The Kier molecular flexibility index (Phi) is 4.87. The first-order chi connectivity index (χ1) is 13.2. The zero-order valence-electron chi connectivity index (χ0n) is 15.2. The van der Waals surface area contributed by atoms with E-state index >= 15 is 0 Å². The molecule has 3 aromatic rings. The third kappa shape index (κ3) is 3.69. The quantitative estimate of drug-likeness (QED) is 0.692. The SMILES string of the molecule is COc1cccc(Cc2cnc([C@@H]3CCCN3C(=O)c3ccccn3)o2)c1. The van der Waals surface area contributed by atoms with Crippen molar-refractivity contribution in [2.45, 2.75) is 25.3 Å². The van der Waals surface area contributed by atoms with Crippen LogP contribution >= 0.6 is 0 Å². The summed E-state index contributed by atoms with van der Waals surface area (Å²) in [5, 5.41) is 0. The van der Waals surface area contributed by atoms with Crippen molar-refractivity contribution in [3.63, 3.8) is 0 Å². The third-order valence-electron chi connectivity index (χ3n) is 4.77. The van der Waals surface area contributed by atoms with E-state index in [-0.39, 0.29) is 11.9 Å². The summed E-state index contributed by atoms with van der Waals surface area (Å²) in [6.45, 7) is 0.688. The van der Waals surface area contributed by atoms with E-state index < -0.39 is 0 Å². The number of amides is 1. The van der Waals surface area contributed by atoms with Crippen molar-refractivity contribution in [2.75, 3.05) is 13.7 Å². The number of rotatable bonds is 5. The Morgan fingerprint density at radius 1 is 1.26 bits per heavy atom. The van der Waals surface area contributed by atoms with Crippen LogP contribution in [0.15, 0.2) is 59.3 Å². The van der Waals surface area contributed by atoms with Crippen molar-refractivity contribution >= 4 is 5.91 Å². The summed E-state index contributed by atoms with van der Waals surface area (Å²) in [5.74, 6) is 2.10. The number of ether oxygens (including phenoxy) is 1. The molecule has 1 amide bonds. The normalized spacial score (nSPS) is 16.5. The molecule has 0 radical (unpaired) electrons. The molecular weight excluding hydrogens is 342 g/mol. The number of likely N-dealkylation sites (tertiary alicyclic amines) is 1. The molecule has 6 nitrogen and oxygen atoms in total. The number of benzene rings is 1. The summed E-state index contributed by atoms with van der Waals surface area (Å²) in [5.41, 5.74) is 1.54. The molecule has 0 aliphatic carbocycles. The second-order valence-corrected chi connectivity index (χ2v) is 6.56. The highest BCUT2D eigenvalue weighted by Gasteiger charge is 2.34. The second-order valence-electron chi connectivity index (χ2n) is 6.56. The van der Waals surface area contributed by atoms with Crippen LogP contribution in [0.25, 0.3) is 0 Å². The average molecular weight is 363 g/mol. The molecule has 27 heavy (non-hydrogen) atoms. The van der Waals surface area contributed by atoms with Gasteiger partial charge >= 0.3 is 0 Å². The summed E-state index contributed by atoms with van der Waals surface area (Å²) < 4.78 is 11.3. The molecule has 1 aromatic carbocycles. The average Bonchev–Trinajstić information content (AvgIpc) is 3.37. The Hall–Kier alpha value is -3.15. The smallest absolute Gasteiger partial charge is 0.273 e. The fourth-order valence-electron chi connectivity index (χ4n) is 3.44. The van der Waals surface area contributed by atoms with E-state index in [1.54, 1.807) is 31.6 Å². The van der Waals surface area contributed by atoms with Gasteiger partial charge in [-0.05, 0) is 42.7 Å². The number of hydrogen-bond donors (Lipinski definition) is 0. The number of carbonyl (C=O) groups excluding carboxylic acids is 1. The number of pyridine rings is 1. The molecule has 0 N–H and O–H groups in total. The highest BCUT2D eigenvalue weighted by molar-refractivity contribution is 5.92. The maximum Gasteiger partial charge on any atom is 0.273 e. The van der Waals surface area contributed by atoms with Crippen LogP contribution in [-0.2, 0) is 6.42 Å². The van der Waals surface area contributed by atoms with Gasteiger partial charge in [-0.3, -0.25) is 9.78 Å². The fraction of sp³-hybridized carbons (Fsp3) is 0.286. The van der Waals surface area contributed by atoms with E-state index in [0.29, 0.717) is 24.6 Å². The van der Waals surface area contributed by atoms with Gasteiger partial charge in [0.15, 0.2) is 0 Å². The van der Waals surface area contributed by atoms with Crippen LogP contribution in [0.5, 0.6) is 5.75 Å². The number of aromatic nitrogens is 2. The first kappa shape index (κ1) is 17.3. The molecule has 1 atom stereocenters. The van der Waals surface area contributed by atoms with Gasteiger partial charge in [0.1, 0.15) is 23.2 Å². The minimum atomic E-state index is -0.140. The number of hydrogen-bond acceptors (Lipinski definition) is 5. The number of nitrogens with zero attached hydrogens (tertiary/aromatic N) is 3. The van der Waals surface area contributed by atoms with E-state index in [1.165, 1.54) is 0 Å². The summed E-state index contributed by atoms with van der Waals surface area (Å²) in [6.07, 6.45) is 5.78. The van der Waals surface area contributed by atoms with E-state index in [2.05, 4.69) is 9.97 Å². The largest absolute Gasteiger partial charge is 0.497 e. The molecule has 1 aliphatic rings. The monoisotopic (exact) mass is 363 g/mol. The van der Waals surface area contributed by atoms with E-state index in [1.807, 2.05) is 35.2 Å². The Balaban J connectivity index is 1.51. The molecule has 3 heterocycles. The molecule has 2 aromatic heterocycles. The Bertz CT molecular complexity index is 923. The number of carbonyl (C=O) groups is 1. The topological polar surface area (TPSA) is 68.5 Å². The minimum Gasteiger partial charge on any atom is -0.497 e. The molecule has 4 rings (SSSR count). The van der Waals surface area contributed by atoms with Gasteiger partial charge in [-0.25, -0.2) is 4.98 Å². The van der Waals surface area contributed by atoms with Crippen molar-refractivity contribution in [3.8, 4) is 5.75 Å². The highest BCUT2D eigenvalue weighted by Crippen LogP contribution is 2.33. The molecule has 6 heteroatoms. The van der Waals surface area contributed by atoms with Gasteiger partial charge in [0, 0.05) is 19.2 Å². The predicted molar refractivity (Wildman–Crippen MR) is 99.6 cm³/mol. The lowest BCUT2D eigenvalue weighted by molar-refractivity contribution is 0.0708. The minimum absolute atomic E-state index is 0.0781. The molecule has 0 bridgehead atoms. The predicted octanol–water partition coefficient (Wildman–Crippen LogP) is 3.65. The summed E-state index contributed by atoms with van der Waals surface area (Å²) >= 11 is 0. The van der Waals surface area contributed by atoms with Gasteiger partial charge < -0.3 is 14.1 Å². The van der Waals surface area contributed by atoms with E-state index in [0.717, 1.165) is 29.9 Å². The third-order valence-corrected chi connectivity index (χ3v) is 4.77. The van der Waals surface area contributed by atoms with Crippen LogP contribution in [0.3, 0.4) is 0 Å². The van der Waals surface area contributed by atoms with Crippen molar-refractivity contribution in [3.05, 3.63) is 77.8 Å². The molecule has 0 unspecified atom stereocenters. The lowest BCUT2D eigenvalue weighted by Gasteiger charge is -2.21. The van der Waals surface area contributed by atoms with Gasteiger partial charge in [-0.2, -0.15) is 0 Å². The van der Waals surface area contributed by atoms with Crippen molar-refractivity contribution in [1.29, 1.82) is 0 Å². The molecule has 1 aliphatic heterocycles. The summed E-state index contributed by atoms with van der Waals surface area (Å²) in [7, 11) is 1.65. The van der Waals surface area contributed by atoms with Crippen LogP contribution in [0.2, 0.25) is 0 Å². The lowest BCUT2D eigenvalue weighted by atomic mass is 10.1. The number of methoxy groups -OCH3 is 1. The second kappa shape index (κ2) is 7.61. The maximum atomic E-state index is 12.8. The lowest BCUT2D eigenvalue weighted by Crippen LogP contribution is -2.31. The summed E-state index contributed by atoms with van der Waals surface area (Å²) in [6, 6.07) is 13.1. The van der Waals surface area contributed by atoms with Gasteiger partial charge in [-0.1, -0.05) is 18.2 Å². The Labute approximate surface area is 157 Å². The van der Waals surface area contributed by atoms with Crippen LogP contribution < -0.4 is 4.74 Å². The highest BCUT2D eigenvalue weighted by atomic mass is 16.5. The van der Waals surface area contributed by atoms with Gasteiger partial charge in [0.2, 0.25) is 5.89 Å². The molecule has 0 spiro atoms. The molecule has 1 saturated heterocycles. The first-order valence-corrected chi connectivity index (χ1v) is 9.04. The van der Waals surface area contributed by atoms with Crippen LogP contribution in [0, 0.1) is 0 Å². The first-order valence-electron chi connectivity index (χ1n) is 9.04. The van der Waals surface area contributed by atoms with Crippen LogP contribution in [0.4, 0.5) is 0 Å². The van der Waals surface area contributed by atoms with E-state index in [9.17, 15) is 4.79 Å². The zero-order valence-corrected chi connectivity index (χ0v) is 15.2. The van der Waals surface area contributed by atoms with Crippen molar-refractivity contribution in [1.82, 2.24) is 14.9 Å². The van der Waals surface area contributed by atoms with Crippen molar-refractivity contribution in [2.24, 2.45) is 0 Å². The van der Waals surface area contributed by atoms with Gasteiger partial charge in [0.05, 0.1) is 13.3 Å². The van der Waals surface area contributed by atoms with Crippen LogP contribution in [-0.4, -0.2) is 34.4 Å². The Morgan fingerprint density at radius 2 is 2.19 bits per heavy atom. The molecule has 1 fully saturated rings. The van der Waals surface area contributed by atoms with Gasteiger partial charge in [0.25, 0.3) is 5.91 Å². The standard InChI is InChI=1S/C21H21N3O3/c1-26-16-7-4-6-15(12-16)13-17-14-23-20(27-17)19-9-5-11-24(19)21(25)18-8-2-3-10-22-18/h2-4,6-8,10,12,14,19H,5,9,11,13H2,1H3/t19-/m0/s1. The fourth-order valence-corrected chi connectivity index (χ4v) is 3.44. The summed E-state index contributed by atoms with van der Waals surface area (Å²) in [4.78, 5) is 23.2. The molecule has 0 saturated carbocycles. The number of oxazole rings is 1.